The van der Waals surface area contributed by atoms with Gasteiger partial charge in [0.25, 0.3) is 0 Å². The number of halogens is 1. The summed E-state index contributed by atoms with van der Waals surface area (Å²) in [6, 6.07) is 3.84. The van der Waals surface area contributed by atoms with E-state index < -0.39 is 0 Å². The minimum Gasteiger partial charge on any atom is -0.240 e. The maximum Gasteiger partial charge on any atom is 0.129 e. The summed E-state index contributed by atoms with van der Waals surface area (Å²) in [5.41, 5.74) is 2.36. The van der Waals surface area contributed by atoms with E-state index in [-0.39, 0.29) is 5.41 Å². The molecule has 0 radical (unpaired) electrons. The number of aromatic nitrogens is 1. The lowest BCUT2D eigenvalue weighted by molar-refractivity contribution is 0.564. The number of aryl methyl sites for hydroxylation is 1. The highest BCUT2D eigenvalue weighted by Gasteiger charge is 2.17. The van der Waals surface area contributed by atoms with Crippen LogP contribution in [0.2, 0.25) is 5.15 Å². The molecule has 1 heterocycles. The first-order chi connectivity index (χ1) is 5.41. The van der Waals surface area contributed by atoms with Crippen molar-refractivity contribution in [1.82, 2.24) is 4.98 Å². The number of hydrogen-bond acceptors (Lipinski definition) is 1. The zero-order valence-corrected chi connectivity index (χ0v) is 8.74. The smallest absolute Gasteiger partial charge is 0.129 e. The predicted molar refractivity (Wildman–Crippen MR) is 52.7 cm³/mol. The zero-order chi connectivity index (χ0) is 9.35. The Balaban J connectivity index is 3.23. The first-order valence-electron chi connectivity index (χ1n) is 4.05. The molecule has 0 aliphatic heterocycles. The van der Waals surface area contributed by atoms with Crippen LogP contribution >= 0.6 is 11.6 Å². The summed E-state index contributed by atoms with van der Waals surface area (Å²) in [5, 5.41) is 0.575. The quantitative estimate of drug-likeness (QED) is 0.563. The van der Waals surface area contributed by atoms with Gasteiger partial charge in [0.2, 0.25) is 0 Å². The van der Waals surface area contributed by atoms with Crippen LogP contribution in [0.3, 0.4) is 0 Å². The molecule has 0 aliphatic rings. The largest absolute Gasteiger partial charge is 0.240 e. The van der Waals surface area contributed by atoms with Crippen LogP contribution in [-0.2, 0) is 5.41 Å². The predicted octanol–water partition coefficient (Wildman–Crippen LogP) is 3.34. The molecule has 0 unspecified atom stereocenters. The topological polar surface area (TPSA) is 12.9 Å². The molecule has 0 bridgehead atoms. The standard InChI is InChI=1S/C10H14ClN/c1-7-5-6-8(11)12-9(7)10(2,3)4/h5-6H,1-4H3. The van der Waals surface area contributed by atoms with Crippen molar-refractivity contribution in [2.24, 2.45) is 0 Å². The van der Waals surface area contributed by atoms with E-state index in [1.165, 1.54) is 5.56 Å². The Labute approximate surface area is 78.8 Å². The van der Waals surface area contributed by atoms with Crippen LogP contribution in [0.25, 0.3) is 0 Å². The molecule has 0 atom stereocenters. The lowest BCUT2D eigenvalue weighted by atomic mass is 9.89. The number of nitrogens with zero attached hydrogens (tertiary/aromatic N) is 1. The van der Waals surface area contributed by atoms with Crippen LogP contribution in [0.1, 0.15) is 32.0 Å². The molecular weight excluding hydrogens is 170 g/mol. The van der Waals surface area contributed by atoms with E-state index in [0.717, 1.165) is 5.69 Å². The van der Waals surface area contributed by atoms with Gasteiger partial charge in [-0.05, 0) is 18.6 Å². The molecule has 1 rings (SSSR count). The van der Waals surface area contributed by atoms with Crippen molar-refractivity contribution in [3.05, 3.63) is 28.5 Å². The van der Waals surface area contributed by atoms with E-state index in [4.69, 9.17) is 11.6 Å². The molecule has 1 aromatic rings. The van der Waals surface area contributed by atoms with Gasteiger partial charge in [-0.1, -0.05) is 38.4 Å². The second-order valence-corrected chi connectivity index (χ2v) is 4.44. The van der Waals surface area contributed by atoms with Gasteiger partial charge in [0, 0.05) is 5.41 Å². The molecule has 0 fully saturated rings. The fourth-order valence-corrected chi connectivity index (χ4v) is 1.41. The molecule has 0 spiro atoms. The normalized spacial score (nSPS) is 11.8. The lowest BCUT2D eigenvalue weighted by Gasteiger charge is -2.19. The van der Waals surface area contributed by atoms with Crippen LogP contribution < -0.4 is 0 Å². The van der Waals surface area contributed by atoms with Crippen molar-refractivity contribution in [3.63, 3.8) is 0 Å². The van der Waals surface area contributed by atoms with E-state index in [1.807, 2.05) is 12.1 Å². The molecule has 1 nitrogen and oxygen atoms in total. The van der Waals surface area contributed by atoms with Gasteiger partial charge in [0.05, 0.1) is 5.69 Å². The fourth-order valence-electron chi connectivity index (χ4n) is 1.26. The van der Waals surface area contributed by atoms with Crippen LogP contribution in [-0.4, -0.2) is 4.98 Å². The lowest BCUT2D eigenvalue weighted by Crippen LogP contribution is -2.15. The number of hydrogen-bond donors (Lipinski definition) is 0. The van der Waals surface area contributed by atoms with Crippen molar-refractivity contribution < 1.29 is 0 Å². The van der Waals surface area contributed by atoms with E-state index in [9.17, 15) is 0 Å². The highest BCUT2D eigenvalue weighted by Crippen LogP contribution is 2.24. The zero-order valence-electron chi connectivity index (χ0n) is 7.98. The molecule has 0 saturated carbocycles. The third-order valence-corrected chi connectivity index (χ3v) is 1.98. The molecule has 0 saturated heterocycles. The van der Waals surface area contributed by atoms with E-state index >= 15 is 0 Å². The van der Waals surface area contributed by atoms with Gasteiger partial charge in [-0.2, -0.15) is 0 Å². The third kappa shape index (κ3) is 1.98. The van der Waals surface area contributed by atoms with Gasteiger partial charge in [0.15, 0.2) is 0 Å². The molecule has 1 aromatic heterocycles. The number of rotatable bonds is 0. The summed E-state index contributed by atoms with van der Waals surface area (Å²) in [6.07, 6.45) is 0. The Hall–Kier alpha value is -0.560. The summed E-state index contributed by atoms with van der Waals surface area (Å²) >= 11 is 5.81. The third-order valence-electron chi connectivity index (χ3n) is 1.77. The van der Waals surface area contributed by atoms with E-state index in [2.05, 4.69) is 32.7 Å². The van der Waals surface area contributed by atoms with Crippen molar-refractivity contribution in [2.75, 3.05) is 0 Å². The summed E-state index contributed by atoms with van der Waals surface area (Å²) < 4.78 is 0. The van der Waals surface area contributed by atoms with E-state index in [0.29, 0.717) is 5.15 Å². The first-order valence-corrected chi connectivity index (χ1v) is 4.42. The maximum atomic E-state index is 5.81. The van der Waals surface area contributed by atoms with E-state index in [1.54, 1.807) is 0 Å². The van der Waals surface area contributed by atoms with Crippen molar-refractivity contribution >= 4 is 11.6 Å². The van der Waals surface area contributed by atoms with Gasteiger partial charge in [-0.25, -0.2) is 4.98 Å². The number of pyridine rings is 1. The maximum absolute atomic E-state index is 5.81. The Morgan fingerprint density at radius 3 is 2.25 bits per heavy atom. The highest BCUT2D eigenvalue weighted by molar-refractivity contribution is 6.29. The summed E-state index contributed by atoms with van der Waals surface area (Å²) in [6.45, 7) is 8.47. The molecular formula is C10H14ClN. The summed E-state index contributed by atoms with van der Waals surface area (Å²) in [5.74, 6) is 0. The summed E-state index contributed by atoms with van der Waals surface area (Å²) in [4.78, 5) is 4.31. The van der Waals surface area contributed by atoms with Crippen LogP contribution in [0.5, 0.6) is 0 Å². The Morgan fingerprint density at radius 1 is 1.25 bits per heavy atom. The molecule has 0 aromatic carbocycles. The van der Waals surface area contributed by atoms with Crippen molar-refractivity contribution in [1.29, 1.82) is 0 Å². The molecule has 0 N–H and O–H groups in total. The van der Waals surface area contributed by atoms with Crippen LogP contribution in [0.4, 0.5) is 0 Å². The highest BCUT2D eigenvalue weighted by atomic mass is 35.5. The molecule has 12 heavy (non-hydrogen) atoms. The molecule has 66 valence electrons. The van der Waals surface area contributed by atoms with Gasteiger partial charge < -0.3 is 0 Å². The second-order valence-electron chi connectivity index (χ2n) is 4.05. The minimum absolute atomic E-state index is 0.0784. The Morgan fingerprint density at radius 2 is 1.83 bits per heavy atom. The Bertz CT molecular complexity index is 286. The average molecular weight is 184 g/mol. The Kier molecular flexibility index (Phi) is 2.43. The van der Waals surface area contributed by atoms with Crippen molar-refractivity contribution in [3.8, 4) is 0 Å². The van der Waals surface area contributed by atoms with Crippen LogP contribution in [0, 0.1) is 6.92 Å². The molecule has 0 aliphatic carbocycles. The first kappa shape index (κ1) is 9.53. The van der Waals surface area contributed by atoms with Gasteiger partial charge in [-0.15, -0.1) is 0 Å². The van der Waals surface area contributed by atoms with Crippen LogP contribution in [0.15, 0.2) is 12.1 Å². The molecule has 0 amide bonds. The fraction of sp³-hybridized carbons (Fsp3) is 0.500. The van der Waals surface area contributed by atoms with Gasteiger partial charge >= 0.3 is 0 Å². The van der Waals surface area contributed by atoms with Gasteiger partial charge in [-0.3, -0.25) is 0 Å². The molecule has 2 heteroatoms. The summed E-state index contributed by atoms with van der Waals surface area (Å²) in [7, 11) is 0. The second kappa shape index (κ2) is 3.06. The monoisotopic (exact) mass is 183 g/mol. The van der Waals surface area contributed by atoms with Crippen molar-refractivity contribution in [2.45, 2.75) is 33.1 Å². The SMILES string of the molecule is Cc1ccc(Cl)nc1C(C)(C)C. The minimum atomic E-state index is 0.0784. The average Bonchev–Trinajstić information content (AvgIpc) is 1.92. The van der Waals surface area contributed by atoms with Gasteiger partial charge in [0.1, 0.15) is 5.15 Å².